The summed E-state index contributed by atoms with van der Waals surface area (Å²) in [7, 11) is 1.88. The van der Waals surface area contributed by atoms with Crippen molar-refractivity contribution in [3.8, 4) is 29.5 Å². The summed E-state index contributed by atoms with van der Waals surface area (Å²) in [6.07, 6.45) is 1.76. The minimum atomic E-state index is -0.944. The van der Waals surface area contributed by atoms with E-state index in [9.17, 15) is 4.79 Å². The van der Waals surface area contributed by atoms with Crippen LogP contribution in [0.1, 0.15) is 6.42 Å². The van der Waals surface area contributed by atoms with E-state index >= 15 is 0 Å². The molecule has 0 N–H and O–H groups in total. The van der Waals surface area contributed by atoms with E-state index in [-0.39, 0.29) is 13.0 Å². The number of hydrogen-bond acceptors (Lipinski definition) is 5. The van der Waals surface area contributed by atoms with Crippen LogP contribution in [0.2, 0.25) is 0 Å². The molecule has 0 saturated carbocycles. The van der Waals surface area contributed by atoms with E-state index in [0.717, 1.165) is 0 Å². The first-order valence-electron chi connectivity index (χ1n) is 6.95. The van der Waals surface area contributed by atoms with E-state index in [2.05, 4.69) is 0 Å². The molecule has 0 fully saturated rings. The summed E-state index contributed by atoms with van der Waals surface area (Å²) in [6.45, 7) is -0.238. The van der Waals surface area contributed by atoms with Gasteiger partial charge in [0.25, 0.3) is 0 Å². The van der Waals surface area contributed by atoms with Crippen LogP contribution in [-0.2, 0) is 11.8 Å². The molecule has 116 valence electrons. The van der Waals surface area contributed by atoms with Gasteiger partial charge in [-0.1, -0.05) is 0 Å². The highest BCUT2D eigenvalue weighted by Gasteiger charge is 2.17. The van der Waals surface area contributed by atoms with Crippen LogP contribution in [0.15, 0.2) is 42.6 Å². The third kappa shape index (κ3) is 4.36. The Balaban J connectivity index is 1.91. The molecule has 0 amide bonds. The SMILES string of the molecule is Cn1cccc1Oc1ccc(OCC(=O)C(C#N)CC#N)cc1. The highest BCUT2D eigenvalue weighted by atomic mass is 16.5. The predicted octanol–water partition coefficient (Wildman–Crippen LogP) is 2.82. The van der Waals surface area contributed by atoms with Crippen molar-refractivity contribution in [2.24, 2.45) is 13.0 Å². The number of Topliss-reactive ketones (excluding diaryl/α,β-unsaturated/α-hetero) is 1. The van der Waals surface area contributed by atoms with Crippen LogP contribution in [0.3, 0.4) is 0 Å². The summed E-state index contributed by atoms with van der Waals surface area (Å²) in [4.78, 5) is 11.7. The molecule has 0 bridgehead atoms. The normalized spacial score (nSPS) is 11.1. The van der Waals surface area contributed by atoms with Gasteiger partial charge in [0.15, 0.2) is 11.7 Å². The van der Waals surface area contributed by atoms with Crippen molar-refractivity contribution in [3.63, 3.8) is 0 Å². The second kappa shape index (κ2) is 7.67. The predicted molar refractivity (Wildman–Crippen MR) is 81.8 cm³/mol. The van der Waals surface area contributed by atoms with Crippen molar-refractivity contribution in [1.29, 1.82) is 10.5 Å². The van der Waals surface area contributed by atoms with Crippen LogP contribution in [0.25, 0.3) is 0 Å². The molecule has 0 spiro atoms. The second-order valence-electron chi connectivity index (χ2n) is 4.83. The topological polar surface area (TPSA) is 88.0 Å². The zero-order valence-electron chi connectivity index (χ0n) is 12.6. The molecule has 1 aromatic carbocycles. The second-order valence-corrected chi connectivity index (χ2v) is 4.83. The summed E-state index contributed by atoms with van der Waals surface area (Å²) in [6, 6.07) is 14.2. The Morgan fingerprint density at radius 2 is 1.91 bits per heavy atom. The van der Waals surface area contributed by atoms with E-state index in [0.29, 0.717) is 17.4 Å². The molecule has 0 saturated heterocycles. The maximum Gasteiger partial charge on any atom is 0.199 e. The smallest absolute Gasteiger partial charge is 0.199 e. The summed E-state index contributed by atoms with van der Waals surface area (Å²) in [5.74, 6) is 0.497. The molecular formula is C17H15N3O3. The molecule has 2 rings (SSSR count). The number of ether oxygens (including phenoxy) is 2. The van der Waals surface area contributed by atoms with Gasteiger partial charge in [-0.25, -0.2) is 0 Å². The number of ketones is 1. The minimum Gasteiger partial charge on any atom is -0.486 e. The first kappa shape index (κ1) is 16.1. The monoisotopic (exact) mass is 309 g/mol. The summed E-state index contributed by atoms with van der Waals surface area (Å²) in [5.41, 5.74) is 0. The van der Waals surface area contributed by atoms with Crippen molar-refractivity contribution in [2.75, 3.05) is 6.61 Å². The minimum absolute atomic E-state index is 0.123. The Bertz CT molecular complexity index is 751. The molecule has 1 atom stereocenters. The standard InChI is InChI=1S/C17H15N3O3/c1-20-10-2-3-17(20)23-15-6-4-14(5-7-15)22-12-16(21)13(11-19)8-9-18/h2-7,10,13H,8,12H2,1H3. The first-order valence-corrected chi connectivity index (χ1v) is 6.95. The molecule has 23 heavy (non-hydrogen) atoms. The zero-order chi connectivity index (χ0) is 16.7. The fourth-order valence-electron chi connectivity index (χ4n) is 1.85. The van der Waals surface area contributed by atoms with Gasteiger partial charge in [-0.05, 0) is 30.3 Å². The van der Waals surface area contributed by atoms with E-state index in [4.69, 9.17) is 20.0 Å². The molecular weight excluding hydrogens is 294 g/mol. The van der Waals surface area contributed by atoms with Crippen molar-refractivity contribution >= 4 is 5.78 Å². The molecule has 1 unspecified atom stereocenters. The molecule has 1 heterocycles. The highest BCUT2D eigenvalue weighted by Crippen LogP contribution is 2.23. The number of hydrogen-bond donors (Lipinski definition) is 0. The fraction of sp³-hybridized carbons (Fsp3) is 0.235. The van der Waals surface area contributed by atoms with Gasteiger partial charge in [-0.15, -0.1) is 0 Å². The zero-order valence-corrected chi connectivity index (χ0v) is 12.6. The van der Waals surface area contributed by atoms with E-state index in [1.807, 2.05) is 36.0 Å². The molecule has 0 radical (unpaired) electrons. The number of nitrogens with zero attached hydrogens (tertiary/aromatic N) is 3. The highest BCUT2D eigenvalue weighted by molar-refractivity contribution is 5.84. The van der Waals surface area contributed by atoms with Gasteiger partial charge in [0.1, 0.15) is 24.0 Å². The van der Waals surface area contributed by atoms with E-state index < -0.39 is 11.7 Å². The van der Waals surface area contributed by atoms with Gasteiger partial charge in [0.2, 0.25) is 0 Å². The van der Waals surface area contributed by atoms with Gasteiger partial charge in [0, 0.05) is 19.3 Å². The van der Waals surface area contributed by atoms with Gasteiger partial charge >= 0.3 is 0 Å². The number of nitriles is 2. The van der Waals surface area contributed by atoms with Gasteiger partial charge in [-0.2, -0.15) is 10.5 Å². The maximum atomic E-state index is 11.7. The maximum absolute atomic E-state index is 11.7. The molecule has 0 aliphatic rings. The van der Waals surface area contributed by atoms with Crippen LogP contribution in [0.4, 0.5) is 0 Å². The Morgan fingerprint density at radius 1 is 1.22 bits per heavy atom. The van der Waals surface area contributed by atoms with Gasteiger partial charge in [0.05, 0.1) is 18.6 Å². The van der Waals surface area contributed by atoms with Crippen molar-refractivity contribution in [2.45, 2.75) is 6.42 Å². The van der Waals surface area contributed by atoms with E-state index in [1.54, 1.807) is 30.3 Å². The van der Waals surface area contributed by atoms with Crippen LogP contribution in [-0.4, -0.2) is 17.0 Å². The lowest BCUT2D eigenvalue weighted by Gasteiger charge is -2.09. The molecule has 1 aromatic heterocycles. The lowest BCUT2D eigenvalue weighted by Crippen LogP contribution is -2.20. The third-order valence-electron chi connectivity index (χ3n) is 3.16. The van der Waals surface area contributed by atoms with Crippen LogP contribution in [0, 0.1) is 28.6 Å². The summed E-state index contributed by atoms with van der Waals surface area (Å²) >= 11 is 0. The largest absolute Gasteiger partial charge is 0.486 e. The summed E-state index contributed by atoms with van der Waals surface area (Å²) in [5, 5.41) is 17.4. The molecule has 2 aromatic rings. The number of aryl methyl sites for hydroxylation is 1. The summed E-state index contributed by atoms with van der Waals surface area (Å²) < 4.78 is 12.9. The number of aromatic nitrogens is 1. The lowest BCUT2D eigenvalue weighted by atomic mass is 10.0. The molecule has 0 aliphatic heterocycles. The van der Waals surface area contributed by atoms with Crippen molar-refractivity contribution < 1.29 is 14.3 Å². The van der Waals surface area contributed by atoms with Crippen LogP contribution in [0.5, 0.6) is 17.4 Å². The Morgan fingerprint density at radius 3 is 2.48 bits per heavy atom. The van der Waals surface area contributed by atoms with Gasteiger partial charge < -0.3 is 14.0 Å². The van der Waals surface area contributed by atoms with Crippen LogP contribution < -0.4 is 9.47 Å². The molecule has 6 nitrogen and oxygen atoms in total. The van der Waals surface area contributed by atoms with Crippen LogP contribution >= 0.6 is 0 Å². The molecule has 6 heteroatoms. The van der Waals surface area contributed by atoms with Crippen molar-refractivity contribution in [3.05, 3.63) is 42.6 Å². The number of rotatable bonds is 7. The third-order valence-corrected chi connectivity index (χ3v) is 3.16. The average Bonchev–Trinajstić information content (AvgIpc) is 2.96. The quantitative estimate of drug-likeness (QED) is 0.784. The number of carbonyl (C=O) groups excluding carboxylic acids is 1. The lowest BCUT2D eigenvalue weighted by molar-refractivity contribution is -0.123. The fourth-order valence-corrected chi connectivity index (χ4v) is 1.85. The number of benzene rings is 1. The van der Waals surface area contributed by atoms with E-state index in [1.165, 1.54) is 0 Å². The Labute approximate surface area is 134 Å². The van der Waals surface area contributed by atoms with Crippen molar-refractivity contribution in [1.82, 2.24) is 4.57 Å². The average molecular weight is 309 g/mol. The first-order chi connectivity index (χ1) is 11.1. The Kier molecular flexibility index (Phi) is 5.38. The molecule has 0 aliphatic carbocycles. The Hall–Kier alpha value is -3.25. The van der Waals surface area contributed by atoms with Gasteiger partial charge in [-0.3, -0.25) is 4.79 Å². The number of carbonyl (C=O) groups is 1.